The first kappa shape index (κ1) is 21.1. The maximum atomic E-state index is 12.8. The molecule has 0 spiro atoms. The zero-order chi connectivity index (χ0) is 21.3. The van der Waals surface area contributed by atoms with E-state index < -0.39 is 6.10 Å². The number of ether oxygens (including phenoxy) is 2. The topological polar surface area (TPSA) is 64.6 Å². The normalized spacial score (nSPS) is 11.4. The molecule has 3 aromatic carbocycles. The molecule has 154 valence electrons. The Kier molecular flexibility index (Phi) is 7.22. The van der Waals surface area contributed by atoms with Gasteiger partial charge in [0.25, 0.3) is 5.91 Å². The van der Waals surface area contributed by atoms with Crippen molar-refractivity contribution in [3.63, 3.8) is 0 Å². The van der Waals surface area contributed by atoms with Gasteiger partial charge in [0.05, 0.1) is 7.11 Å². The fourth-order valence-electron chi connectivity index (χ4n) is 3.07. The van der Waals surface area contributed by atoms with Crippen LogP contribution in [0.3, 0.4) is 0 Å². The van der Waals surface area contributed by atoms with Crippen molar-refractivity contribution < 1.29 is 19.1 Å². The van der Waals surface area contributed by atoms with Gasteiger partial charge in [-0.15, -0.1) is 0 Å². The van der Waals surface area contributed by atoms with Crippen LogP contribution in [-0.4, -0.2) is 24.9 Å². The second-order valence-corrected chi connectivity index (χ2v) is 6.84. The standard InChI is InChI=1S/C25H25NO4/c1-3-9-23(24(27)18-10-5-4-6-11-18)30-22-15-8-13-20(17-22)26-25(28)19-12-7-14-21(16-19)29-2/h4-8,10-17,23H,3,9H2,1-2H3,(H,26,28). The van der Waals surface area contributed by atoms with Crippen molar-refractivity contribution in [3.05, 3.63) is 90.0 Å². The molecule has 0 bridgehead atoms. The minimum absolute atomic E-state index is 0.0525. The third-order valence-corrected chi connectivity index (χ3v) is 4.60. The molecule has 1 N–H and O–H groups in total. The Balaban J connectivity index is 1.73. The van der Waals surface area contributed by atoms with Crippen LogP contribution in [0.4, 0.5) is 5.69 Å². The summed E-state index contributed by atoms with van der Waals surface area (Å²) in [5, 5.41) is 2.86. The van der Waals surface area contributed by atoms with Crippen LogP contribution in [0.15, 0.2) is 78.9 Å². The van der Waals surface area contributed by atoms with E-state index in [-0.39, 0.29) is 11.7 Å². The van der Waals surface area contributed by atoms with E-state index in [0.29, 0.717) is 34.7 Å². The van der Waals surface area contributed by atoms with Crippen LogP contribution in [0.25, 0.3) is 0 Å². The van der Waals surface area contributed by atoms with Crippen molar-refractivity contribution in [2.75, 3.05) is 12.4 Å². The zero-order valence-corrected chi connectivity index (χ0v) is 17.1. The number of ketones is 1. The lowest BCUT2D eigenvalue weighted by Gasteiger charge is -2.18. The molecular formula is C25H25NO4. The lowest BCUT2D eigenvalue weighted by molar-refractivity contribution is 0.0777. The number of amides is 1. The number of hydrogen-bond donors (Lipinski definition) is 1. The van der Waals surface area contributed by atoms with Crippen LogP contribution < -0.4 is 14.8 Å². The van der Waals surface area contributed by atoms with E-state index in [1.165, 1.54) is 0 Å². The highest BCUT2D eigenvalue weighted by molar-refractivity contribution is 6.04. The van der Waals surface area contributed by atoms with Crippen LogP contribution in [0.2, 0.25) is 0 Å². The second-order valence-electron chi connectivity index (χ2n) is 6.84. The summed E-state index contributed by atoms with van der Waals surface area (Å²) in [5.74, 6) is 0.836. The first-order valence-electron chi connectivity index (χ1n) is 9.92. The third kappa shape index (κ3) is 5.47. The Hall–Kier alpha value is -3.60. The van der Waals surface area contributed by atoms with Gasteiger partial charge in [-0.2, -0.15) is 0 Å². The molecule has 3 rings (SSSR count). The number of anilines is 1. The summed E-state index contributed by atoms with van der Waals surface area (Å²) in [6.45, 7) is 2.01. The van der Waals surface area contributed by atoms with Gasteiger partial charge >= 0.3 is 0 Å². The van der Waals surface area contributed by atoms with Crippen molar-refractivity contribution in [2.45, 2.75) is 25.9 Å². The molecule has 5 heteroatoms. The predicted octanol–water partition coefficient (Wildman–Crippen LogP) is 5.38. The average Bonchev–Trinajstić information content (AvgIpc) is 2.79. The van der Waals surface area contributed by atoms with Gasteiger partial charge in [0.1, 0.15) is 11.5 Å². The van der Waals surface area contributed by atoms with Gasteiger partial charge in [-0.25, -0.2) is 0 Å². The molecule has 5 nitrogen and oxygen atoms in total. The predicted molar refractivity (Wildman–Crippen MR) is 117 cm³/mol. The zero-order valence-electron chi connectivity index (χ0n) is 17.1. The van der Waals surface area contributed by atoms with E-state index in [1.807, 2.05) is 25.1 Å². The van der Waals surface area contributed by atoms with Gasteiger partial charge in [0.2, 0.25) is 5.78 Å². The summed E-state index contributed by atoms with van der Waals surface area (Å²) in [6, 6.07) is 23.1. The number of benzene rings is 3. The van der Waals surface area contributed by atoms with Crippen LogP contribution in [0.1, 0.15) is 40.5 Å². The van der Waals surface area contributed by atoms with E-state index in [9.17, 15) is 9.59 Å². The Labute approximate surface area is 176 Å². The molecule has 1 atom stereocenters. The van der Waals surface area contributed by atoms with Crippen molar-refractivity contribution in [2.24, 2.45) is 0 Å². The van der Waals surface area contributed by atoms with Crippen LogP contribution >= 0.6 is 0 Å². The van der Waals surface area contributed by atoms with E-state index >= 15 is 0 Å². The minimum Gasteiger partial charge on any atom is -0.497 e. The maximum Gasteiger partial charge on any atom is 0.255 e. The number of hydrogen-bond acceptors (Lipinski definition) is 4. The molecule has 0 aliphatic rings. The van der Waals surface area contributed by atoms with Crippen LogP contribution in [-0.2, 0) is 0 Å². The third-order valence-electron chi connectivity index (χ3n) is 4.60. The average molecular weight is 403 g/mol. The molecule has 3 aromatic rings. The Morgan fingerprint density at radius 2 is 1.57 bits per heavy atom. The first-order valence-corrected chi connectivity index (χ1v) is 9.92. The van der Waals surface area contributed by atoms with Gasteiger partial charge in [-0.1, -0.05) is 55.8 Å². The van der Waals surface area contributed by atoms with Crippen molar-refractivity contribution in [3.8, 4) is 11.5 Å². The molecular weight excluding hydrogens is 378 g/mol. The lowest BCUT2D eigenvalue weighted by atomic mass is 10.0. The Morgan fingerprint density at radius 1 is 0.867 bits per heavy atom. The summed E-state index contributed by atoms with van der Waals surface area (Å²) in [5.41, 5.74) is 1.70. The van der Waals surface area contributed by atoms with Crippen LogP contribution in [0.5, 0.6) is 11.5 Å². The van der Waals surface area contributed by atoms with Gasteiger partial charge in [-0.05, 0) is 36.8 Å². The molecule has 0 aliphatic carbocycles. The van der Waals surface area contributed by atoms with E-state index in [1.54, 1.807) is 67.8 Å². The fourth-order valence-corrected chi connectivity index (χ4v) is 3.07. The van der Waals surface area contributed by atoms with Gasteiger partial charge in [0, 0.05) is 22.9 Å². The second kappa shape index (κ2) is 10.3. The molecule has 30 heavy (non-hydrogen) atoms. The van der Waals surface area contributed by atoms with E-state index in [0.717, 1.165) is 6.42 Å². The molecule has 1 unspecified atom stereocenters. The summed E-state index contributed by atoms with van der Waals surface area (Å²) in [4.78, 5) is 25.4. The lowest BCUT2D eigenvalue weighted by Crippen LogP contribution is -2.27. The van der Waals surface area contributed by atoms with Crippen LogP contribution in [0, 0.1) is 0 Å². The Bertz CT molecular complexity index is 1000. The summed E-state index contributed by atoms with van der Waals surface area (Å²) >= 11 is 0. The number of rotatable bonds is 9. The number of carbonyl (C=O) groups is 2. The first-order chi connectivity index (χ1) is 14.6. The molecule has 0 aliphatic heterocycles. The number of nitrogens with one attached hydrogen (secondary N) is 1. The maximum absolute atomic E-state index is 12.8. The largest absolute Gasteiger partial charge is 0.497 e. The number of carbonyl (C=O) groups excluding carboxylic acids is 2. The molecule has 0 heterocycles. The van der Waals surface area contributed by atoms with E-state index in [4.69, 9.17) is 9.47 Å². The fraction of sp³-hybridized carbons (Fsp3) is 0.200. The highest BCUT2D eigenvalue weighted by Gasteiger charge is 2.21. The minimum atomic E-state index is -0.582. The monoisotopic (exact) mass is 403 g/mol. The molecule has 0 saturated heterocycles. The summed E-state index contributed by atoms with van der Waals surface area (Å²) in [7, 11) is 1.56. The highest BCUT2D eigenvalue weighted by Crippen LogP contribution is 2.22. The molecule has 1 amide bonds. The molecule has 0 fully saturated rings. The molecule has 0 aromatic heterocycles. The van der Waals surface area contributed by atoms with Crippen molar-refractivity contribution in [1.29, 1.82) is 0 Å². The number of methoxy groups -OCH3 is 1. The highest BCUT2D eigenvalue weighted by atomic mass is 16.5. The van der Waals surface area contributed by atoms with Crippen molar-refractivity contribution in [1.82, 2.24) is 0 Å². The molecule has 0 saturated carbocycles. The summed E-state index contributed by atoms with van der Waals surface area (Å²) in [6.07, 6.45) is 0.839. The SMILES string of the molecule is CCCC(Oc1cccc(NC(=O)c2cccc(OC)c2)c1)C(=O)c1ccccc1. The quantitative estimate of drug-likeness (QED) is 0.487. The number of Topliss-reactive ketones (excluding diaryl/α,β-unsaturated/α-hetero) is 1. The Morgan fingerprint density at radius 3 is 2.30 bits per heavy atom. The van der Waals surface area contributed by atoms with E-state index in [2.05, 4.69) is 5.32 Å². The molecule has 0 radical (unpaired) electrons. The van der Waals surface area contributed by atoms with Gasteiger partial charge in [0.15, 0.2) is 6.10 Å². The smallest absolute Gasteiger partial charge is 0.255 e. The van der Waals surface area contributed by atoms with Gasteiger partial charge in [-0.3, -0.25) is 9.59 Å². The van der Waals surface area contributed by atoms with Crippen molar-refractivity contribution >= 4 is 17.4 Å². The van der Waals surface area contributed by atoms with Gasteiger partial charge < -0.3 is 14.8 Å². The summed E-state index contributed by atoms with van der Waals surface area (Å²) < 4.78 is 11.2.